The molecule has 1 fully saturated rings. The Kier molecular flexibility index (Phi) is 6.37. The number of carbonyl (C=O) groups is 1. The molecular formula is C26H25N4O5-. The topological polar surface area (TPSA) is 109 Å². The van der Waals surface area contributed by atoms with E-state index in [1.165, 1.54) is 6.26 Å². The summed E-state index contributed by atoms with van der Waals surface area (Å²) in [6, 6.07) is 18.5. The molecule has 9 heteroatoms. The van der Waals surface area contributed by atoms with Crippen LogP contribution in [0.2, 0.25) is 0 Å². The van der Waals surface area contributed by atoms with Crippen molar-refractivity contribution in [2.24, 2.45) is 0 Å². The first-order chi connectivity index (χ1) is 17.0. The van der Waals surface area contributed by atoms with Gasteiger partial charge < -0.3 is 34.6 Å². The maximum Gasteiger partial charge on any atom is 0.289 e. The minimum atomic E-state index is -1.35. The molecule has 9 nitrogen and oxygen atoms in total. The van der Waals surface area contributed by atoms with E-state index in [1.807, 2.05) is 60.4 Å². The molecule has 0 bridgehead atoms. The molecule has 0 spiro atoms. The number of hydrogen-bond acceptors (Lipinski definition) is 7. The molecule has 1 aliphatic heterocycles. The highest BCUT2D eigenvalue weighted by Crippen LogP contribution is 2.39. The zero-order valence-corrected chi connectivity index (χ0v) is 19.3. The first-order valence-corrected chi connectivity index (χ1v) is 11.4. The summed E-state index contributed by atoms with van der Waals surface area (Å²) in [6.45, 7) is 3.84. The second-order valence-corrected chi connectivity index (χ2v) is 8.48. The van der Waals surface area contributed by atoms with E-state index in [4.69, 9.17) is 9.15 Å². The highest BCUT2D eigenvalue weighted by Gasteiger charge is 2.29. The maximum atomic E-state index is 12.7. The first kappa shape index (κ1) is 22.9. The minimum Gasteiger partial charge on any atom is -0.627 e. The quantitative estimate of drug-likeness (QED) is 0.428. The number of aryl methyl sites for hydroxylation is 1. The molecule has 0 unspecified atom stereocenters. The van der Waals surface area contributed by atoms with Crippen LogP contribution in [0.15, 0.2) is 71.3 Å². The van der Waals surface area contributed by atoms with Gasteiger partial charge in [-0.1, -0.05) is 42.0 Å². The van der Waals surface area contributed by atoms with E-state index >= 15 is 0 Å². The van der Waals surface area contributed by atoms with Gasteiger partial charge >= 0.3 is 0 Å². The number of nitrogens with one attached hydrogen (secondary N) is 1. The number of hydrogen-bond donors (Lipinski definition) is 1. The predicted octanol–water partition coefficient (Wildman–Crippen LogP) is 3.19. The van der Waals surface area contributed by atoms with Crippen LogP contribution >= 0.6 is 0 Å². The Hall–Kier alpha value is -3.92. The highest BCUT2D eigenvalue weighted by molar-refractivity contribution is 5.99. The lowest BCUT2D eigenvalue weighted by molar-refractivity contribution is -0.715. The summed E-state index contributed by atoms with van der Waals surface area (Å²) in [5, 5.41) is 24.2. The van der Waals surface area contributed by atoms with E-state index in [1.54, 1.807) is 17.0 Å². The normalized spacial score (nSPS) is 14.1. The van der Waals surface area contributed by atoms with Crippen LogP contribution < -0.4 is 14.9 Å². The van der Waals surface area contributed by atoms with Crippen molar-refractivity contribution in [2.75, 3.05) is 31.1 Å². The zero-order chi connectivity index (χ0) is 24.4. The molecule has 180 valence electrons. The fraction of sp³-hybridized carbons (Fsp3) is 0.231. The molecule has 3 heterocycles. The van der Waals surface area contributed by atoms with E-state index in [-0.39, 0.29) is 29.8 Å². The van der Waals surface area contributed by atoms with Crippen molar-refractivity contribution >= 4 is 28.2 Å². The van der Waals surface area contributed by atoms with Crippen LogP contribution in [-0.2, 0) is 6.61 Å². The number of ether oxygens (including phenoxy) is 1. The Balaban J connectivity index is 1.50. The predicted molar refractivity (Wildman–Crippen MR) is 131 cm³/mol. The third-order valence-electron chi connectivity index (χ3n) is 6.12. The fourth-order valence-corrected chi connectivity index (χ4v) is 4.37. The number of nitrogens with zero attached hydrogens (tertiary/aromatic N) is 3. The summed E-state index contributed by atoms with van der Waals surface area (Å²) in [6.07, 6.45) is 1.47. The summed E-state index contributed by atoms with van der Waals surface area (Å²) in [5.74, 6) is 0.127. The van der Waals surface area contributed by atoms with E-state index < -0.39 is 5.23 Å². The van der Waals surface area contributed by atoms with Gasteiger partial charge in [-0.3, -0.25) is 4.79 Å². The van der Waals surface area contributed by atoms with Crippen LogP contribution in [0.1, 0.15) is 21.7 Å². The number of carbonyl (C=O) groups excluding carboxylic acids is 1. The summed E-state index contributed by atoms with van der Waals surface area (Å²) < 4.78 is 11.2. The van der Waals surface area contributed by atoms with Crippen molar-refractivity contribution in [3.63, 3.8) is 0 Å². The first-order valence-electron chi connectivity index (χ1n) is 11.4. The molecule has 2 aromatic carbocycles. The molecule has 0 aliphatic carbocycles. The number of piperazine rings is 1. The lowest BCUT2D eigenvalue weighted by Gasteiger charge is -2.38. The molecule has 1 N–H and O–H groups in total. The van der Waals surface area contributed by atoms with E-state index in [0.29, 0.717) is 42.8 Å². The van der Waals surface area contributed by atoms with Gasteiger partial charge in [-0.05, 0) is 36.8 Å². The zero-order valence-electron chi connectivity index (χ0n) is 19.3. The Bertz CT molecular complexity index is 1320. The van der Waals surface area contributed by atoms with Gasteiger partial charge in [-0.25, -0.2) is 4.98 Å². The minimum absolute atomic E-state index is 0.0225. The summed E-state index contributed by atoms with van der Waals surface area (Å²) in [7, 11) is 0. The highest BCUT2D eigenvalue weighted by atomic mass is 16.8. The van der Waals surface area contributed by atoms with Gasteiger partial charge in [0.25, 0.3) is 11.8 Å². The number of rotatable bonds is 6. The number of pyridine rings is 1. The molecule has 0 radical (unpaired) electrons. The maximum absolute atomic E-state index is 12.7. The van der Waals surface area contributed by atoms with E-state index in [9.17, 15) is 15.2 Å². The summed E-state index contributed by atoms with van der Waals surface area (Å²) >= 11 is 0. The van der Waals surface area contributed by atoms with Crippen molar-refractivity contribution in [1.29, 1.82) is 0 Å². The average molecular weight is 474 g/mol. The molecule has 1 aliphatic rings. The van der Waals surface area contributed by atoms with Crippen LogP contribution in [0.4, 0.5) is 11.4 Å². The number of anilines is 1. The lowest BCUT2D eigenvalue weighted by Crippen LogP contribution is -2.96. The van der Waals surface area contributed by atoms with Crippen molar-refractivity contribution in [2.45, 2.75) is 13.5 Å². The number of amides is 1. The van der Waals surface area contributed by atoms with Crippen LogP contribution in [0.3, 0.4) is 0 Å². The molecule has 35 heavy (non-hydrogen) atoms. The monoisotopic (exact) mass is 473 g/mol. The third kappa shape index (κ3) is 4.69. The summed E-state index contributed by atoms with van der Waals surface area (Å²) in [5.41, 5.74) is 2.94. The van der Waals surface area contributed by atoms with Crippen LogP contribution in [-0.4, -0.2) is 42.0 Å². The second-order valence-electron chi connectivity index (χ2n) is 8.48. The molecule has 0 atom stereocenters. The van der Waals surface area contributed by atoms with Gasteiger partial charge in [-0.2, -0.15) is 0 Å². The number of furan rings is 1. The fourth-order valence-electron chi connectivity index (χ4n) is 4.37. The Labute approximate surface area is 202 Å². The van der Waals surface area contributed by atoms with Crippen LogP contribution in [0.5, 0.6) is 5.88 Å². The number of quaternary nitrogens is 1. The SMILES string of the molecule is Cc1ccc2nc(OCc3ccccc3)c([NH+]([O-])[O-])c(N3CCN(C(=O)c4ccco4)CC3)c2c1. The lowest BCUT2D eigenvalue weighted by atomic mass is 10.1. The van der Waals surface area contributed by atoms with Gasteiger partial charge in [0, 0.05) is 31.6 Å². The van der Waals surface area contributed by atoms with E-state index in [2.05, 4.69) is 4.98 Å². The van der Waals surface area contributed by atoms with Gasteiger partial charge in [-0.15, -0.1) is 0 Å². The van der Waals surface area contributed by atoms with Gasteiger partial charge in [0.1, 0.15) is 12.3 Å². The largest absolute Gasteiger partial charge is 0.627 e. The second kappa shape index (κ2) is 9.75. The Morgan fingerprint density at radius 3 is 2.51 bits per heavy atom. The van der Waals surface area contributed by atoms with Crippen molar-refractivity contribution in [1.82, 2.24) is 9.88 Å². The number of aromatic nitrogens is 1. The molecule has 0 saturated carbocycles. The molecule has 2 aromatic heterocycles. The smallest absolute Gasteiger partial charge is 0.289 e. The average Bonchev–Trinajstić information content (AvgIpc) is 3.42. The number of fused-ring (bicyclic) bond motifs is 1. The van der Waals surface area contributed by atoms with Crippen LogP contribution in [0, 0.1) is 17.3 Å². The third-order valence-corrected chi connectivity index (χ3v) is 6.12. The Morgan fingerprint density at radius 1 is 1.06 bits per heavy atom. The van der Waals surface area contributed by atoms with Gasteiger partial charge in [0.15, 0.2) is 5.76 Å². The summed E-state index contributed by atoms with van der Waals surface area (Å²) in [4.78, 5) is 20.9. The molecule has 5 rings (SSSR count). The van der Waals surface area contributed by atoms with Gasteiger partial charge in [0.05, 0.1) is 11.8 Å². The Morgan fingerprint density at radius 2 is 1.83 bits per heavy atom. The van der Waals surface area contributed by atoms with Gasteiger partial charge in [0.2, 0.25) is 5.69 Å². The molecule has 1 amide bonds. The molecule has 4 aromatic rings. The van der Waals surface area contributed by atoms with Crippen LogP contribution in [0.25, 0.3) is 10.9 Å². The molecular weight excluding hydrogens is 448 g/mol. The van der Waals surface area contributed by atoms with Crippen molar-refractivity contribution in [3.8, 4) is 5.88 Å². The number of benzene rings is 2. The van der Waals surface area contributed by atoms with Crippen molar-refractivity contribution < 1.29 is 19.2 Å². The standard InChI is InChI=1S/C26H25N4O5/c1-18-9-10-21-20(16-18)23(28-11-13-29(14-12-28)26(31)22-8-5-15-34-22)24(30(32)33)25(27-21)35-17-19-6-3-2-4-7-19/h2-10,15-16,30H,11-14,17H2,1H3/q-1. The van der Waals surface area contributed by atoms with E-state index in [0.717, 1.165) is 11.1 Å². The molecule has 1 saturated heterocycles. The van der Waals surface area contributed by atoms with Crippen molar-refractivity contribution in [3.05, 3.63) is 94.2 Å².